The minimum atomic E-state index is -0.360. The maximum Gasteiger partial charge on any atom is 0.255 e. The number of rotatable bonds is 9. The fraction of sp³-hybridized carbons (Fsp3) is 0.273. The molecule has 4 heterocycles. The zero-order valence-electron chi connectivity index (χ0n) is 24.6. The summed E-state index contributed by atoms with van der Waals surface area (Å²) in [7, 11) is 1.60. The van der Waals surface area contributed by atoms with Gasteiger partial charge in [-0.05, 0) is 61.7 Å². The molecule has 4 N–H and O–H groups in total. The average molecular weight is 611 g/mol. The van der Waals surface area contributed by atoms with Crippen molar-refractivity contribution in [3.05, 3.63) is 99.6 Å². The normalized spacial score (nSPS) is 14.4. The number of hydrogen-bond acceptors (Lipinski definition) is 8. The van der Waals surface area contributed by atoms with Gasteiger partial charge in [-0.2, -0.15) is 0 Å². The molecule has 1 fully saturated rings. The van der Waals surface area contributed by atoms with Crippen LogP contribution >= 0.6 is 11.3 Å². The van der Waals surface area contributed by atoms with Gasteiger partial charge in [0.25, 0.3) is 11.8 Å². The van der Waals surface area contributed by atoms with Gasteiger partial charge < -0.3 is 25.8 Å². The molecule has 1 aliphatic rings. The summed E-state index contributed by atoms with van der Waals surface area (Å²) in [6.07, 6.45) is 3.34. The molecule has 44 heavy (non-hydrogen) atoms. The highest BCUT2D eigenvalue weighted by atomic mass is 32.1. The van der Waals surface area contributed by atoms with Gasteiger partial charge in [0, 0.05) is 44.0 Å². The first-order valence-corrected chi connectivity index (χ1v) is 15.3. The molecule has 3 aromatic heterocycles. The van der Waals surface area contributed by atoms with E-state index in [-0.39, 0.29) is 17.2 Å². The molecule has 2 amide bonds. The molecule has 6 rings (SSSR count). The van der Waals surface area contributed by atoms with E-state index in [4.69, 9.17) is 25.2 Å². The molecule has 0 aliphatic carbocycles. The van der Waals surface area contributed by atoms with Gasteiger partial charge in [0.2, 0.25) is 0 Å². The number of anilines is 2. The topological polar surface area (TPSA) is 133 Å². The lowest BCUT2D eigenvalue weighted by Gasteiger charge is -2.36. The number of aromatic nitrogens is 3. The number of hydrogen-bond donors (Lipinski definition) is 3. The number of fused-ring (bicyclic) bond motifs is 1. The van der Waals surface area contributed by atoms with Crippen LogP contribution in [-0.4, -0.2) is 59.7 Å². The summed E-state index contributed by atoms with van der Waals surface area (Å²) in [4.78, 5) is 35.6. The van der Waals surface area contributed by atoms with Crippen molar-refractivity contribution >= 4 is 40.2 Å². The van der Waals surface area contributed by atoms with Crippen molar-refractivity contribution in [3.63, 3.8) is 0 Å². The average Bonchev–Trinajstić information content (AvgIpc) is 3.66. The summed E-state index contributed by atoms with van der Waals surface area (Å²) in [5.41, 5.74) is 12.1. The van der Waals surface area contributed by atoms with Gasteiger partial charge in [-0.25, -0.2) is 9.97 Å². The Morgan fingerprint density at radius 3 is 2.52 bits per heavy atom. The SMILES string of the molecule is COCCNC(=O)c1ccc2nc(C)c(-c3csc(C4(c5ccc(C(=O)Nc6ccccc6N)cc5)CCOCC4)n3)n2c1. The van der Waals surface area contributed by atoms with Gasteiger partial charge >= 0.3 is 0 Å². The van der Waals surface area contributed by atoms with E-state index >= 15 is 0 Å². The van der Waals surface area contributed by atoms with Crippen LogP contribution in [0, 0.1) is 6.92 Å². The number of carbonyl (C=O) groups excluding carboxylic acids is 2. The minimum absolute atomic E-state index is 0.175. The number of nitrogens with zero attached hydrogens (tertiary/aromatic N) is 3. The number of amides is 2. The Labute approximate surface area is 259 Å². The highest BCUT2D eigenvalue weighted by Gasteiger charge is 2.39. The van der Waals surface area contributed by atoms with Crippen molar-refractivity contribution in [2.75, 3.05) is 44.5 Å². The Hall–Kier alpha value is -4.58. The molecule has 0 bridgehead atoms. The van der Waals surface area contributed by atoms with Crippen molar-refractivity contribution in [3.8, 4) is 11.4 Å². The van der Waals surface area contributed by atoms with Crippen molar-refractivity contribution < 1.29 is 19.1 Å². The third kappa shape index (κ3) is 5.69. The molecule has 0 radical (unpaired) electrons. The fourth-order valence-electron chi connectivity index (χ4n) is 5.67. The quantitative estimate of drug-likeness (QED) is 0.157. The maximum atomic E-state index is 13.0. The summed E-state index contributed by atoms with van der Waals surface area (Å²) >= 11 is 1.61. The largest absolute Gasteiger partial charge is 0.397 e. The molecule has 10 nitrogen and oxygen atoms in total. The van der Waals surface area contributed by atoms with E-state index in [9.17, 15) is 9.59 Å². The Bertz CT molecular complexity index is 1810. The van der Waals surface area contributed by atoms with Crippen LogP contribution in [0.4, 0.5) is 11.4 Å². The molecule has 0 spiro atoms. The van der Waals surface area contributed by atoms with E-state index in [2.05, 4.69) is 16.0 Å². The van der Waals surface area contributed by atoms with Gasteiger partial charge in [0.1, 0.15) is 16.3 Å². The number of thiazole rings is 1. The van der Waals surface area contributed by atoms with Crippen LogP contribution in [0.2, 0.25) is 0 Å². The van der Waals surface area contributed by atoms with Gasteiger partial charge in [0.05, 0.1) is 40.3 Å². The number of aryl methyl sites for hydroxylation is 1. The number of nitrogen functional groups attached to an aromatic ring is 1. The van der Waals surface area contributed by atoms with Crippen LogP contribution in [-0.2, 0) is 14.9 Å². The lowest BCUT2D eigenvalue weighted by atomic mass is 9.74. The molecule has 1 saturated heterocycles. The van der Waals surface area contributed by atoms with Crippen molar-refractivity contribution in [2.24, 2.45) is 0 Å². The molecule has 5 aromatic rings. The smallest absolute Gasteiger partial charge is 0.255 e. The highest BCUT2D eigenvalue weighted by molar-refractivity contribution is 7.10. The van der Waals surface area contributed by atoms with E-state index in [0.717, 1.165) is 46.1 Å². The summed E-state index contributed by atoms with van der Waals surface area (Å²) in [6, 6.07) is 18.6. The number of benzene rings is 2. The first-order valence-electron chi connectivity index (χ1n) is 14.5. The summed E-state index contributed by atoms with van der Waals surface area (Å²) in [5, 5.41) is 8.80. The van der Waals surface area contributed by atoms with Crippen LogP contribution in [0.3, 0.4) is 0 Å². The number of ether oxygens (including phenoxy) is 2. The monoisotopic (exact) mass is 610 g/mol. The third-order valence-electron chi connectivity index (χ3n) is 8.06. The Morgan fingerprint density at radius 2 is 1.77 bits per heavy atom. The second-order valence-corrected chi connectivity index (χ2v) is 11.6. The van der Waals surface area contributed by atoms with Gasteiger partial charge in [-0.1, -0.05) is 24.3 Å². The molecule has 11 heteroatoms. The lowest BCUT2D eigenvalue weighted by Crippen LogP contribution is -2.35. The van der Waals surface area contributed by atoms with Crippen LogP contribution in [0.15, 0.2) is 72.2 Å². The minimum Gasteiger partial charge on any atom is -0.397 e. The zero-order valence-corrected chi connectivity index (χ0v) is 25.4. The summed E-state index contributed by atoms with van der Waals surface area (Å²) < 4.78 is 12.8. The third-order valence-corrected chi connectivity index (χ3v) is 9.10. The number of nitrogens with two attached hydrogens (primary N) is 1. The molecular weight excluding hydrogens is 576 g/mol. The molecule has 0 atom stereocenters. The summed E-state index contributed by atoms with van der Waals surface area (Å²) in [5.74, 6) is -0.396. The second kappa shape index (κ2) is 12.6. The Balaban J connectivity index is 1.30. The van der Waals surface area contributed by atoms with E-state index in [1.165, 1.54) is 0 Å². The van der Waals surface area contributed by atoms with Crippen molar-refractivity contribution in [2.45, 2.75) is 25.2 Å². The fourth-order valence-corrected chi connectivity index (χ4v) is 6.75. The first kappa shape index (κ1) is 29.5. The number of nitrogens with one attached hydrogen (secondary N) is 2. The number of methoxy groups -OCH3 is 1. The van der Waals surface area contributed by atoms with Gasteiger partial charge in [0.15, 0.2) is 0 Å². The highest BCUT2D eigenvalue weighted by Crippen LogP contribution is 2.44. The lowest BCUT2D eigenvalue weighted by molar-refractivity contribution is 0.0630. The van der Waals surface area contributed by atoms with E-state index in [1.54, 1.807) is 36.6 Å². The van der Waals surface area contributed by atoms with E-state index in [0.29, 0.717) is 48.9 Å². The molecule has 0 saturated carbocycles. The number of pyridine rings is 1. The number of imidazole rings is 1. The van der Waals surface area contributed by atoms with Crippen LogP contribution < -0.4 is 16.4 Å². The zero-order chi connectivity index (χ0) is 30.7. The van der Waals surface area contributed by atoms with E-state index in [1.807, 2.05) is 60.0 Å². The van der Waals surface area contributed by atoms with Crippen molar-refractivity contribution in [1.82, 2.24) is 19.7 Å². The molecule has 2 aromatic carbocycles. The van der Waals surface area contributed by atoms with Crippen LogP contribution in [0.5, 0.6) is 0 Å². The first-order chi connectivity index (χ1) is 21.4. The Kier molecular flexibility index (Phi) is 8.42. The predicted octanol–water partition coefficient (Wildman–Crippen LogP) is 5.07. The van der Waals surface area contributed by atoms with Crippen LogP contribution in [0.1, 0.15) is 49.8 Å². The van der Waals surface area contributed by atoms with Crippen molar-refractivity contribution in [1.29, 1.82) is 0 Å². The van der Waals surface area contributed by atoms with Gasteiger partial charge in [-0.15, -0.1) is 11.3 Å². The Morgan fingerprint density at radius 1 is 1.02 bits per heavy atom. The maximum absolute atomic E-state index is 13.0. The summed E-state index contributed by atoms with van der Waals surface area (Å²) in [6.45, 7) is 4.05. The molecule has 1 aliphatic heterocycles. The van der Waals surface area contributed by atoms with E-state index < -0.39 is 0 Å². The second-order valence-electron chi connectivity index (χ2n) is 10.8. The van der Waals surface area contributed by atoms with Crippen LogP contribution in [0.25, 0.3) is 17.0 Å². The van der Waals surface area contributed by atoms with Gasteiger partial charge in [-0.3, -0.25) is 14.0 Å². The number of carbonyl (C=O) groups is 2. The standard InChI is InChI=1S/C33H34N6O4S/c1-21-29(39-19-23(9-12-28(39)36-21)30(40)35-15-18-42-2)27-20-44-32(38-27)33(13-16-43-17-14-33)24-10-7-22(8-11-24)31(41)37-26-6-4-3-5-25(26)34/h3-12,19-20H,13-18,34H2,1-2H3,(H,35,40)(H,37,41). The molecule has 0 unspecified atom stereocenters. The predicted molar refractivity (Wildman–Crippen MR) is 171 cm³/mol. The molecule has 226 valence electrons. The number of para-hydroxylation sites is 2. The molecular formula is C33H34N6O4S.